The Bertz CT molecular complexity index is 272. The van der Waals surface area contributed by atoms with Crippen LogP contribution in [0, 0.1) is 5.92 Å². The minimum absolute atomic E-state index is 0.00645. The van der Waals surface area contributed by atoms with E-state index in [4.69, 9.17) is 5.11 Å². The van der Waals surface area contributed by atoms with Crippen LogP contribution in [0.1, 0.15) is 32.1 Å². The van der Waals surface area contributed by atoms with Gasteiger partial charge in [0.05, 0.1) is 6.42 Å². The molecular formula is C11H19F3N2O2. The number of carbonyl (C=O) groups is 1. The van der Waals surface area contributed by atoms with Crippen molar-refractivity contribution in [2.45, 2.75) is 44.3 Å². The second-order valence-electron chi connectivity index (χ2n) is 4.60. The average molecular weight is 268 g/mol. The van der Waals surface area contributed by atoms with Crippen LogP contribution >= 0.6 is 0 Å². The second kappa shape index (κ2) is 6.82. The summed E-state index contributed by atoms with van der Waals surface area (Å²) in [6, 6.07) is -0.737. The Morgan fingerprint density at radius 2 is 1.94 bits per heavy atom. The van der Waals surface area contributed by atoms with Gasteiger partial charge in [0.2, 0.25) is 0 Å². The Hall–Kier alpha value is -0.980. The fourth-order valence-electron chi connectivity index (χ4n) is 2.15. The summed E-state index contributed by atoms with van der Waals surface area (Å²) < 4.78 is 35.6. The molecule has 0 bridgehead atoms. The first kappa shape index (κ1) is 15.1. The number of alkyl halides is 3. The zero-order chi connectivity index (χ0) is 13.6. The van der Waals surface area contributed by atoms with Gasteiger partial charge in [0.1, 0.15) is 0 Å². The molecule has 4 nitrogen and oxygen atoms in total. The van der Waals surface area contributed by atoms with E-state index in [0.29, 0.717) is 0 Å². The molecule has 18 heavy (non-hydrogen) atoms. The number of amides is 2. The molecule has 0 radical (unpaired) electrons. The van der Waals surface area contributed by atoms with Crippen LogP contribution in [-0.2, 0) is 0 Å². The summed E-state index contributed by atoms with van der Waals surface area (Å²) in [7, 11) is 0. The standard InChI is InChI=1S/C11H19F3N2O2/c12-11(13,14)5-6-15-10(18)16-9-4-2-1-3-8(9)7-17/h8-9,17H,1-7H2,(H2,15,16,18). The minimum atomic E-state index is -4.26. The van der Waals surface area contributed by atoms with Crippen molar-refractivity contribution in [3.63, 3.8) is 0 Å². The molecule has 0 spiro atoms. The SMILES string of the molecule is O=C(NCCC(F)(F)F)NC1CCCCC1CO. The second-order valence-corrected chi connectivity index (χ2v) is 4.60. The largest absolute Gasteiger partial charge is 0.396 e. The van der Waals surface area contributed by atoms with Crippen LogP contribution < -0.4 is 10.6 Å². The lowest BCUT2D eigenvalue weighted by atomic mass is 9.85. The summed E-state index contributed by atoms with van der Waals surface area (Å²) >= 11 is 0. The monoisotopic (exact) mass is 268 g/mol. The summed E-state index contributed by atoms with van der Waals surface area (Å²) in [5.74, 6) is 0.00659. The van der Waals surface area contributed by atoms with Gasteiger partial charge in [-0.2, -0.15) is 13.2 Å². The Balaban J connectivity index is 2.26. The first-order valence-corrected chi connectivity index (χ1v) is 6.14. The van der Waals surface area contributed by atoms with E-state index in [9.17, 15) is 18.0 Å². The molecule has 0 aliphatic heterocycles. The highest BCUT2D eigenvalue weighted by molar-refractivity contribution is 5.74. The van der Waals surface area contributed by atoms with Crippen molar-refractivity contribution < 1.29 is 23.1 Å². The molecule has 106 valence electrons. The van der Waals surface area contributed by atoms with Crippen molar-refractivity contribution in [2.24, 2.45) is 5.92 Å². The Labute approximate surface area is 104 Å². The maximum atomic E-state index is 11.9. The van der Waals surface area contributed by atoms with Gasteiger partial charge < -0.3 is 15.7 Å². The van der Waals surface area contributed by atoms with E-state index < -0.39 is 25.2 Å². The molecule has 0 saturated heterocycles. The van der Waals surface area contributed by atoms with E-state index in [1.165, 1.54) is 0 Å². The smallest absolute Gasteiger partial charge is 0.390 e. The van der Waals surface area contributed by atoms with Crippen molar-refractivity contribution in [1.82, 2.24) is 10.6 Å². The zero-order valence-corrected chi connectivity index (χ0v) is 10.1. The molecule has 1 rings (SSSR count). The van der Waals surface area contributed by atoms with E-state index in [0.717, 1.165) is 25.7 Å². The predicted molar refractivity (Wildman–Crippen MR) is 60.0 cm³/mol. The average Bonchev–Trinajstić information content (AvgIpc) is 2.28. The summed E-state index contributed by atoms with van der Waals surface area (Å²) in [6.07, 6.45) is -1.72. The molecule has 2 unspecified atom stereocenters. The Morgan fingerprint density at radius 1 is 1.28 bits per heavy atom. The number of aliphatic hydroxyl groups is 1. The lowest BCUT2D eigenvalue weighted by Gasteiger charge is -2.30. The number of hydrogen-bond donors (Lipinski definition) is 3. The van der Waals surface area contributed by atoms with Gasteiger partial charge in [-0.25, -0.2) is 4.79 Å². The number of carbonyl (C=O) groups excluding carboxylic acids is 1. The highest BCUT2D eigenvalue weighted by Gasteiger charge is 2.28. The predicted octanol–water partition coefficient (Wildman–Crippen LogP) is 1.79. The highest BCUT2D eigenvalue weighted by atomic mass is 19.4. The van der Waals surface area contributed by atoms with Gasteiger partial charge in [-0.05, 0) is 12.8 Å². The number of aliphatic hydroxyl groups excluding tert-OH is 1. The first-order valence-electron chi connectivity index (χ1n) is 6.14. The lowest BCUT2D eigenvalue weighted by molar-refractivity contribution is -0.132. The molecule has 7 heteroatoms. The molecule has 2 atom stereocenters. The number of nitrogens with one attached hydrogen (secondary N) is 2. The molecule has 1 aliphatic carbocycles. The number of hydrogen-bond acceptors (Lipinski definition) is 2. The molecule has 0 aromatic carbocycles. The van der Waals surface area contributed by atoms with E-state index in [1.54, 1.807) is 0 Å². The van der Waals surface area contributed by atoms with Crippen LogP contribution in [0.15, 0.2) is 0 Å². The van der Waals surface area contributed by atoms with Crippen LogP contribution in [0.3, 0.4) is 0 Å². The van der Waals surface area contributed by atoms with Crippen LogP contribution in [0.4, 0.5) is 18.0 Å². The normalized spacial score (nSPS) is 24.7. The van der Waals surface area contributed by atoms with Crippen molar-refractivity contribution in [2.75, 3.05) is 13.2 Å². The van der Waals surface area contributed by atoms with Crippen molar-refractivity contribution in [1.29, 1.82) is 0 Å². The van der Waals surface area contributed by atoms with Gasteiger partial charge in [0.15, 0.2) is 0 Å². The summed E-state index contributed by atoms with van der Waals surface area (Å²) in [5, 5.41) is 13.9. The zero-order valence-electron chi connectivity index (χ0n) is 10.1. The third-order valence-corrected chi connectivity index (χ3v) is 3.15. The van der Waals surface area contributed by atoms with Crippen LogP contribution in [0.25, 0.3) is 0 Å². The maximum absolute atomic E-state index is 11.9. The fraction of sp³-hybridized carbons (Fsp3) is 0.909. The van der Waals surface area contributed by atoms with E-state index in [2.05, 4.69) is 10.6 Å². The quantitative estimate of drug-likeness (QED) is 0.728. The topological polar surface area (TPSA) is 61.4 Å². The summed E-state index contributed by atoms with van der Waals surface area (Å²) in [6.45, 7) is -0.431. The van der Waals surface area contributed by atoms with Crippen LogP contribution in [0.2, 0.25) is 0 Å². The van der Waals surface area contributed by atoms with Crippen molar-refractivity contribution in [3.8, 4) is 0 Å². The van der Waals surface area contributed by atoms with Gasteiger partial charge in [0.25, 0.3) is 0 Å². The van der Waals surface area contributed by atoms with Crippen molar-refractivity contribution >= 4 is 6.03 Å². The molecule has 1 aliphatic rings. The number of urea groups is 1. The molecule has 0 aromatic heterocycles. The van der Waals surface area contributed by atoms with E-state index in [-0.39, 0.29) is 18.6 Å². The van der Waals surface area contributed by atoms with Crippen LogP contribution in [-0.4, -0.2) is 36.5 Å². The number of halogens is 3. The molecule has 1 fully saturated rings. The molecule has 0 aromatic rings. The van der Waals surface area contributed by atoms with Crippen molar-refractivity contribution in [3.05, 3.63) is 0 Å². The Morgan fingerprint density at radius 3 is 2.56 bits per heavy atom. The molecule has 3 N–H and O–H groups in total. The molecule has 2 amide bonds. The van der Waals surface area contributed by atoms with E-state index in [1.807, 2.05) is 0 Å². The molecule has 0 heterocycles. The molecular weight excluding hydrogens is 249 g/mol. The highest BCUT2D eigenvalue weighted by Crippen LogP contribution is 2.23. The summed E-state index contributed by atoms with van der Waals surface area (Å²) in [4.78, 5) is 11.4. The van der Waals surface area contributed by atoms with Gasteiger partial charge in [0, 0.05) is 25.1 Å². The third kappa shape index (κ3) is 5.57. The fourth-order valence-corrected chi connectivity index (χ4v) is 2.15. The minimum Gasteiger partial charge on any atom is -0.396 e. The van der Waals surface area contributed by atoms with Crippen LogP contribution in [0.5, 0.6) is 0 Å². The maximum Gasteiger partial charge on any atom is 0.390 e. The van der Waals surface area contributed by atoms with E-state index >= 15 is 0 Å². The van der Waals surface area contributed by atoms with Gasteiger partial charge >= 0.3 is 12.2 Å². The molecule has 1 saturated carbocycles. The third-order valence-electron chi connectivity index (χ3n) is 3.15. The lowest BCUT2D eigenvalue weighted by Crippen LogP contribution is -2.48. The first-order chi connectivity index (χ1) is 8.42. The van der Waals surface area contributed by atoms with Gasteiger partial charge in [-0.3, -0.25) is 0 Å². The summed E-state index contributed by atoms with van der Waals surface area (Å²) in [5.41, 5.74) is 0. The number of rotatable bonds is 4. The van der Waals surface area contributed by atoms with Gasteiger partial charge in [-0.1, -0.05) is 12.8 Å². The Kier molecular flexibility index (Phi) is 5.71. The van der Waals surface area contributed by atoms with Gasteiger partial charge in [-0.15, -0.1) is 0 Å².